The van der Waals surface area contributed by atoms with Crippen LogP contribution in [0, 0.1) is 12.3 Å². The molecule has 0 bridgehead atoms. The molecule has 1 fully saturated rings. The molecule has 7 heteroatoms. The summed E-state index contributed by atoms with van der Waals surface area (Å²) in [7, 11) is 0. The Labute approximate surface area is 165 Å². The number of amides is 2. The average Bonchev–Trinajstić information content (AvgIpc) is 2.73. The molecule has 2 aromatic rings. The van der Waals surface area contributed by atoms with E-state index >= 15 is 0 Å². The number of piperazine rings is 1. The maximum Gasteiger partial charge on any atom is 0.237 e. The molecule has 3 rings (SSSR count). The number of hydrogen-bond acceptors (Lipinski definition) is 5. The summed E-state index contributed by atoms with van der Waals surface area (Å²) in [4.78, 5) is 38.0. The van der Waals surface area contributed by atoms with Gasteiger partial charge in [0, 0.05) is 45.1 Å². The maximum atomic E-state index is 13.0. The van der Waals surface area contributed by atoms with E-state index in [2.05, 4.69) is 15.3 Å². The van der Waals surface area contributed by atoms with Crippen LogP contribution in [0.1, 0.15) is 25.0 Å². The van der Waals surface area contributed by atoms with Gasteiger partial charge in [-0.15, -0.1) is 0 Å². The van der Waals surface area contributed by atoms with E-state index in [-0.39, 0.29) is 11.8 Å². The van der Waals surface area contributed by atoms with E-state index in [0.29, 0.717) is 38.7 Å². The number of rotatable bonds is 5. The second kappa shape index (κ2) is 8.37. The molecular weight excluding hydrogens is 354 g/mol. The fourth-order valence-electron chi connectivity index (χ4n) is 3.17. The SMILES string of the molecule is Cc1ccc(CNC(=O)C(C)(C)C(=O)N2CCN(c3ncccn3)CC2)cc1. The lowest BCUT2D eigenvalue weighted by atomic mass is 9.90. The van der Waals surface area contributed by atoms with Crippen molar-refractivity contribution in [3.05, 3.63) is 53.9 Å². The second-order valence-corrected chi connectivity index (χ2v) is 7.62. The topological polar surface area (TPSA) is 78.4 Å². The molecular formula is C21H27N5O2. The van der Waals surface area contributed by atoms with E-state index < -0.39 is 5.41 Å². The van der Waals surface area contributed by atoms with Gasteiger partial charge in [0.15, 0.2) is 0 Å². The first-order valence-corrected chi connectivity index (χ1v) is 9.53. The van der Waals surface area contributed by atoms with Crippen LogP contribution in [0.15, 0.2) is 42.7 Å². The van der Waals surface area contributed by atoms with Crippen molar-refractivity contribution < 1.29 is 9.59 Å². The maximum absolute atomic E-state index is 13.0. The third-order valence-corrected chi connectivity index (χ3v) is 5.08. The molecule has 0 radical (unpaired) electrons. The Morgan fingerprint density at radius 1 is 1.04 bits per heavy atom. The number of nitrogens with zero attached hydrogens (tertiary/aromatic N) is 4. The highest BCUT2D eigenvalue weighted by Crippen LogP contribution is 2.21. The van der Waals surface area contributed by atoms with Crippen molar-refractivity contribution in [2.24, 2.45) is 5.41 Å². The fraction of sp³-hybridized carbons (Fsp3) is 0.429. The van der Waals surface area contributed by atoms with E-state index in [1.54, 1.807) is 37.2 Å². The van der Waals surface area contributed by atoms with Crippen LogP contribution in [0.5, 0.6) is 0 Å². The van der Waals surface area contributed by atoms with Gasteiger partial charge < -0.3 is 15.1 Å². The van der Waals surface area contributed by atoms with E-state index in [1.807, 2.05) is 36.1 Å². The number of benzene rings is 1. The van der Waals surface area contributed by atoms with Crippen LogP contribution >= 0.6 is 0 Å². The first kappa shape index (κ1) is 19.8. The summed E-state index contributed by atoms with van der Waals surface area (Å²) in [6.07, 6.45) is 3.42. The Bertz CT molecular complexity index is 812. The van der Waals surface area contributed by atoms with Gasteiger partial charge in [-0.2, -0.15) is 0 Å². The average molecular weight is 381 g/mol. The van der Waals surface area contributed by atoms with Crippen LogP contribution in [-0.2, 0) is 16.1 Å². The normalized spacial score (nSPS) is 14.7. The van der Waals surface area contributed by atoms with Gasteiger partial charge in [-0.1, -0.05) is 29.8 Å². The monoisotopic (exact) mass is 381 g/mol. The minimum Gasteiger partial charge on any atom is -0.351 e. The zero-order valence-electron chi connectivity index (χ0n) is 16.7. The summed E-state index contributed by atoms with van der Waals surface area (Å²) in [6, 6.07) is 9.76. The molecule has 148 valence electrons. The predicted octanol–water partition coefficient (Wildman–Crippen LogP) is 1.78. The third-order valence-electron chi connectivity index (χ3n) is 5.08. The first-order chi connectivity index (χ1) is 13.4. The summed E-state index contributed by atoms with van der Waals surface area (Å²) < 4.78 is 0. The molecule has 1 N–H and O–H groups in total. The Morgan fingerprint density at radius 2 is 1.64 bits per heavy atom. The molecule has 1 aliphatic rings. The number of aryl methyl sites for hydroxylation is 1. The molecule has 1 aliphatic heterocycles. The Morgan fingerprint density at radius 3 is 2.25 bits per heavy atom. The molecule has 2 amide bonds. The minimum absolute atomic E-state index is 0.150. The summed E-state index contributed by atoms with van der Waals surface area (Å²) in [5.41, 5.74) is 1.07. The predicted molar refractivity (Wildman–Crippen MR) is 108 cm³/mol. The van der Waals surface area contributed by atoms with E-state index in [1.165, 1.54) is 5.56 Å². The minimum atomic E-state index is -1.11. The quantitative estimate of drug-likeness (QED) is 0.799. The highest BCUT2D eigenvalue weighted by atomic mass is 16.2. The molecule has 0 unspecified atom stereocenters. The van der Waals surface area contributed by atoms with E-state index in [9.17, 15) is 9.59 Å². The van der Waals surface area contributed by atoms with Gasteiger partial charge in [0.05, 0.1) is 0 Å². The number of aromatic nitrogens is 2. The Balaban J connectivity index is 1.55. The van der Waals surface area contributed by atoms with Crippen molar-refractivity contribution in [2.75, 3.05) is 31.1 Å². The van der Waals surface area contributed by atoms with Crippen molar-refractivity contribution in [1.82, 2.24) is 20.2 Å². The van der Waals surface area contributed by atoms with E-state index in [0.717, 1.165) is 5.56 Å². The van der Waals surface area contributed by atoms with Gasteiger partial charge in [0.25, 0.3) is 0 Å². The zero-order valence-corrected chi connectivity index (χ0v) is 16.7. The number of anilines is 1. The lowest BCUT2D eigenvalue weighted by Gasteiger charge is -2.38. The van der Waals surface area contributed by atoms with Gasteiger partial charge in [0.2, 0.25) is 17.8 Å². The molecule has 2 heterocycles. The molecule has 0 atom stereocenters. The van der Waals surface area contributed by atoms with Gasteiger partial charge in [-0.25, -0.2) is 9.97 Å². The van der Waals surface area contributed by atoms with Gasteiger partial charge in [-0.3, -0.25) is 9.59 Å². The van der Waals surface area contributed by atoms with Crippen molar-refractivity contribution >= 4 is 17.8 Å². The fourth-order valence-corrected chi connectivity index (χ4v) is 3.17. The lowest BCUT2D eigenvalue weighted by molar-refractivity contribution is -0.148. The highest BCUT2D eigenvalue weighted by molar-refractivity contribution is 6.04. The van der Waals surface area contributed by atoms with Crippen molar-refractivity contribution in [2.45, 2.75) is 27.3 Å². The molecule has 28 heavy (non-hydrogen) atoms. The first-order valence-electron chi connectivity index (χ1n) is 9.53. The van der Waals surface area contributed by atoms with Gasteiger partial charge in [0.1, 0.15) is 5.41 Å². The standard InChI is InChI=1S/C21H27N5O2/c1-16-5-7-17(8-6-16)15-24-18(27)21(2,3)19(28)25-11-13-26(14-12-25)20-22-9-4-10-23-20/h4-10H,11-15H2,1-3H3,(H,24,27). The van der Waals surface area contributed by atoms with Crippen molar-refractivity contribution in [3.63, 3.8) is 0 Å². The Hall–Kier alpha value is -2.96. The molecule has 1 aromatic heterocycles. The summed E-state index contributed by atoms with van der Waals surface area (Å²) >= 11 is 0. The highest BCUT2D eigenvalue weighted by Gasteiger charge is 2.40. The van der Waals surface area contributed by atoms with Gasteiger partial charge in [-0.05, 0) is 32.4 Å². The zero-order chi connectivity index (χ0) is 20.1. The van der Waals surface area contributed by atoms with Crippen LogP contribution in [0.25, 0.3) is 0 Å². The number of nitrogens with one attached hydrogen (secondary N) is 1. The number of carbonyl (C=O) groups is 2. The van der Waals surface area contributed by atoms with Gasteiger partial charge >= 0.3 is 0 Å². The Kier molecular flexibility index (Phi) is 5.92. The molecule has 1 saturated heterocycles. The van der Waals surface area contributed by atoms with E-state index in [4.69, 9.17) is 0 Å². The second-order valence-electron chi connectivity index (χ2n) is 7.62. The lowest BCUT2D eigenvalue weighted by Crippen LogP contribution is -2.55. The number of hydrogen-bond donors (Lipinski definition) is 1. The largest absolute Gasteiger partial charge is 0.351 e. The number of carbonyl (C=O) groups excluding carboxylic acids is 2. The molecule has 0 saturated carbocycles. The molecule has 0 aliphatic carbocycles. The van der Waals surface area contributed by atoms with Crippen molar-refractivity contribution in [3.8, 4) is 0 Å². The summed E-state index contributed by atoms with van der Waals surface area (Å²) in [5.74, 6) is 0.263. The van der Waals surface area contributed by atoms with Crippen LogP contribution in [0.2, 0.25) is 0 Å². The van der Waals surface area contributed by atoms with Crippen LogP contribution in [0.3, 0.4) is 0 Å². The summed E-state index contributed by atoms with van der Waals surface area (Å²) in [5, 5.41) is 2.90. The van der Waals surface area contributed by atoms with Crippen LogP contribution < -0.4 is 10.2 Å². The molecule has 7 nitrogen and oxygen atoms in total. The van der Waals surface area contributed by atoms with Crippen LogP contribution in [0.4, 0.5) is 5.95 Å². The van der Waals surface area contributed by atoms with Crippen molar-refractivity contribution in [1.29, 1.82) is 0 Å². The summed E-state index contributed by atoms with van der Waals surface area (Å²) in [6.45, 7) is 8.20. The van der Waals surface area contributed by atoms with Crippen LogP contribution in [-0.4, -0.2) is 52.9 Å². The molecule has 1 aromatic carbocycles. The smallest absolute Gasteiger partial charge is 0.237 e. The third kappa shape index (κ3) is 4.47. The molecule has 0 spiro atoms.